The molecule has 0 fully saturated rings. The second-order valence-electron chi connectivity index (χ2n) is 5.65. The van der Waals surface area contributed by atoms with Crippen molar-refractivity contribution < 1.29 is 23.8 Å². The summed E-state index contributed by atoms with van der Waals surface area (Å²) < 4.78 is 10.4. The summed E-state index contributed by atoms with van der Waals surface area (Å²) in [7, 11) is 0. The van der Waals surface area contributed by atoms with E-state index in [1.807, 2.05) is 0 Å². The number of carbonyl (C=O) groups excluding carboxylic acids is 1. The van der Waals surface area contributed by atoms with Gasteiger partial charge in [0.1, 0.15) is 11.4 Å². The van der Waals surface area contributed by atoms with Crippen LogP contribution in [0.3, 0.4) is 0 Å². The highest BCUT2D eigenvalue weighted by Gasteiger charge is 2.27. The van der Waals surface area contributed by atoms with E-state index in [2.05, 4.69) is 5.32 Å². The van der Waals surface area contributed by atoms with Gasteiger partial charge in [0.05, 0.1) is 12.7 Å². The fourth-order valence-corrected chi connectivity index (χ4v) is 1.81. The number of alkyl carbamates (subject to hydrolysis) is 1. The normalized spacial score (nSPS) is 14.4. The third kappa shape index (κ3) is 5.34. The molecule has 6 nitrogen and oxygen atoms in total. The molecule has 0 bridgehead atoms. The van der Waals surface area contributed by atoms with Gasteiger partial charge in [-0.2, -0.15) is 0 Å². The first-order valence-electron chi connectivity index (χ1n) is 6.44. The number of ether oxygens (including phenoxy) is 1. The largest absolute Gasteiger partial charge is 0.481 e. The molecule has 20 heavy (non-hydrogen) atoms. The molecule has 0 unspecified atom stereocenters. The maximum absolute atomic E-state index is 11.7. The molecular formula is C14H21NO5. The van der Waals surface area contributed by atoms with Crippen molar-refractivity contribution in [2.75, 3.05) is 0 Å². The van der Waals surface area contributed by atoms with Crippen LogP contribution in [0.4, 0.5) is 4.79 Å². The van der Waals surface area contributed by atoms with Gasteiger partial charge in [-0.05, 0) is 39.8 Å². The average molecular weight is 283 g/mol. The summed E-state index contributed by atoms with van der Waals surface area (Å²) in [6, 6.07) is 2.96. The molecular weight excluding hydrogens is 262 g/mol. The van der Waals surface area contributed by atoms with Crippen LogP contribution in [0.25, 0.3) is 0 Å². The number of carboxylic acids is 1. The van der Waals surface area contributed by atoms with E-state index in [-0.39, 0.29) is 6.42 Å². The van der Waals surface area contributed by atoms with Crippen LogP contribution >= 0.6 is 0 Å². The fraction of sp³-hybridized carbons (Fsp3) is 0.571. The predicted octanol–water partition coefficient (Wildman–Crippen LogP) is 2.75. The molecule has 112 valence electrons. The van der Waals surface area contributed by atoms with E-state index >= 15 is 0 Å². The summed E-state index contributed by atoms with van der Waals surface area (Å²) in [4.78, 5) is 22.7. The topological polar surface area (TPSA) is 88.8 Å². The molecule has 0 radical (unpaired) electrons. The number of carboxylic acid groups (broad SMARTS) is 1. The van der Waals surface area contributed by atoms with Crippen molar-refractivity contribution in [3.05, 3.63) is 24.2 Å². The minimum Gasteiger partial charge on any atom is -0.481 e. The lowest BCUT2D eigenvalue weighted by atomic mass is 9.95. The first-order chi connectivity index (χ1) is 9.19. The van der Waals surface area contributed by atoms with Gasteiger partial charge < -0.3 is 19.6 Å². The third-order valence-electron chi connectivity index (χ3n) is 2.65. The van der Waals surface area contributed by atoms with Gasteiger partial charge in [0, 0.05) is 12.0 Å². The van der Waals surface area contributed by atoms with Gasteiger partial charge in [-0.25, -0.2) is 4.79 Å². The standard InChI is InChI=1S/C14H21NO5/c1-9(15-13(18)20-14(2,3)4)10(8-12(16)17)11-6-5-7-19-11/h5-7,9-10H,8H2,1-4H3,(H,15,18)(H,16,17)/t9-,10+/m0/s1. The molecule has 1 aromatic heterocycles. The average Bonchev–Trinajstić information content (AvgIpc) is 2.75. The highest BCUT2D eigenvalue weighted by atomic mass is 16.6. The number of rotatable bonds is 5. The lowest BCUT2D eigenvalue weighted by molar-refractivity contribution is -0.137. The third-order valence-corrected chi connectivity index (χ3v) is 2.65. The molecule has 2 N–H and O–H groups in total. The Morgan fingerprint density at radius 3 is 2.55 bits per heavy atom. The van der Waals surface area contributed by atoms with Gasteiger partial charge in [-0.3, -0.25) is 4.79 Å². The van der Waals surface area contributed by atoms with Crippen LogP contribution in [-0.2, 0) is 9.53 Å². The van der Waals surface area contributed by atoms with Gasteiger partial charge in [0.2, 0.25) is 0 Å². The van der Waals surface area contributed by atoms with Gasteiger partial charge >= 0.3 is 12.1 Å². The molecule has 2 atom stereocenters. The van der Waals surface area contributed by atoms with E-state index in [0.717, 1.165) is 0 Å². The van der Waals surface area contributed by atoms with E-state index in [0.29, 0.717) is 5.76 Å². The van der Waals surface area contributed by atoms with E-state index in [1.165, 1.54) is 6.26 Å². The first kappa shape index (κ1) is 16.1. The minimum absolute atomic E-state index is 0.134. The smallest absolute Gasteiger partial charge is 0.407 e. The van der Waals surface area contributed by atoms with Crippen LogP contribution in [0, 0.1) is 0 Å². The molecule has 0 spiro atoms. The molecule has 0 saturated heterocycles. The van der Waals surface area contributed by atoms with Crippen molar-refractivity contribution in [1.29, 1.82) is 0 Å². The van der Waals surface area contributed by atoms with Crippen molar-refractivity contribution in [3.8, 4) is 0 Å². The Hall–Kier alpha value is -1.98. The maximum atomic E-state index is 11.7. The van der Waals surface area contributed by atoms with E-state index < -0.39 is 29.6 Å². The van der Waals surface area contributed by atoms with E-state index in [1.54, 1.807) is 39.8 Å². The molecule has 0 aromatic carbocycles. The first-order valence-corrected chi connectivity index (χ1v) is 6.44. The minimum atomic E-state index is -0.954. The van der Waals surface area contributed by atoms with Crippen LogP contribution in [0.5, 0.6) is 0 Å². The lowest BCUT2D eigenvalue weighted by Gasteiger charge is -2.25. The molecule has 0 aliphatic rings. The van der Waals surface area contributed by atoms with Crippen LogP contribution in [0.2, 0.25) is 0 Å². The summed E-state index contributed by atoms with van der Waals surface area (Å²) in [6.07, 6.45) is 0.765. The molecule has 1 rings (SSSR count). The highest BCUT2D eigenvalue weighted by Crippen LogP contribution is 2.24. The van der Waals surface area contributed by atoms with Gasteiger partial charge in [0.15, 0.2) is 0 Å². The number of furan rings is 1. The SMILES string of the molecule is C[C@H](NC(=O)OC(C)(C)C)[C@@H](CC(=O)O)c1ccco1. The number of carbonyl (C=O) groups is 2. The zero-order valence-corrected chi connectivity index (χ0v) is 12.2. The van der Waals surface area contributed by atoms with Crippen LogP contribution in [-0.4, -0.2) is 28.8 Å². The summed E-state index contributed by atoms with van der Waals surface area (Å²) >= 11 is 0. The number of hydrogen-bond acceptors (Lipinski definition) is 4. The van der Waals surface area contributed by atoms with Gasteiger partial charge in [-0.15, -0.1) is 0 Å². The quantitative estimate of drug-likeness (QED) is 0.867. The van der Waals surface area contributed by atoms with Crippen molar-refractivity contribution in [3.63, 3.8) is 0 Å². The maximum Gasteiger partial charge on any atom is 0.407 e. The van der Waals surface area contributed by atoms with Crippen molar-refractivity contribution in [1.82, 2.24) is 5.32 Å². The Kier molecular flexibility index (Phi) is 5.19. The molecule has 1 aromatic rings. The van der Waals surface area contributed by atoms with E-state index in [4.69, 9.17) is 14.3 Å². The highest BCUT2D eigenvalue weighted by molar-refractivity contribution is 5.70. The lowest BCUT2D eigenvalue weighted by Crippen LogP contribution is -2.41. The van der Waals surface area contributed by atoms with Crippen molar-refractivity contribution in [2.45, 2.75) is 51.7 Å². The summed E-state index contributed by atoms with van der Waals surface area (Å²) in [5, 5.41) is 11.6. The van der Waals surface area contributed by atoms with Crippen molar-refractivity contribution in [2.24, 2.45) is 0 Å². The van der Waals surface area contributed by atoms with Gasteiger partial charge in [0.25, 0.3) is 0 Å². The number of hydrogen-bond donors (Lipinski definition) is 2. The summed E-state index contributed by atoms with van der Waals surface area (Å²) in [5.74, 6) is -0.879. The molecule has 0 aliphatic carbocycles. The Morgan fingerprint density at radius 1 is 1.45 bits per heavy atom. The Labute approximate surface area is 118 Å². The molecule has 0 saturated carbocycles. The summed E-state index contributed by atoms with van der Waals surface area (Å²) in [6.45, 7) is 7.01. The fourth-order valence-electron chi connectivity index (χ4n) is 1.81. The van der Waals surface area contributed by atoms with E-state index in [9.17, 15) is 9.59 Å². The zero-order valence-electron chi connectivity index (χ0n) is 12.2. The van der Waals surface area contributed by atoms with Crippen LogP contribution in [0.1, 0.15) is 45.8 Å². The zero-order chi connectivity index (χ0) is 15.3. The second kappa shape index (κ2) is 6.45. The predicted molar refractivity (Wildman–Crippen MR) is 72.5 cm³/mol. The second-order valence-corrected chi connectivity index (χ2v) is 5.65. The van der Waals surface area contributed by atoms with Crippen LogP contribution < -0.4 is 5.32 Å². The molecule has 1 amide bonds. The van der Waals surface area contributed by atoms with Gasteiger partial charge in [-0.1, -0.05) is 0 Å². The number of aliphatic carboxylic acids is 1. The monoisotopic (exact) mass is 283 g/mol. The Morgan fingerprint density at radius 2 is 2.10 bits per heavy atom. The van der Waals surface area contributed by atoms with Crippen molar-refractivity contribution >= 4 is 12.1 Å². The molecule has 6 heteroatoms. The number of amides is 1. The van der Waals surface area contributed by atoms with Crippen LogP contribution in [0.15, 0.2) is 22.8 Å². The Balaban J connectivity index is 2.71. The Bertz CT molecular complexity index is 447. The molecule has 0 aliphatic heterocycles. The number of nitrogens with one attached hydrogen (secondary N) is 1. The summed E-state index contributed by atoms with van der Waals surface area (Å²) in [5.41, 5.74) is -0.600. The molecule has 1 heterocycles.